The van der Waals surface area contributed by atoms with E-state index in [0.29, 0.717) is 0 Å². The van der Waals surface area contributed by atoms with Crippen molar-refractivity contribution in [3.05, 3.63) is 0 Å². The standard InChI is InChI=1S/C6H12O5S.Mt/c1-5(12(8,9)10)3-4-11-6(2)7;/h5H,3-4H2,1-2H3,(H,8,9,10);. The van der Waals surface area contributed by atoms with Crippen molar-refractivity contribution in [2.24, 2.45) is 0 Å². The molecule has 1 N–H and O–H groups in total. The maximum absolute atomic E-state index is 10.4. The van der Waals surface area contributed by atoms with Gasteiger partial charge >= 0.3 is 5.97 Å². The van der Waals surface area contributed by atoms with Crippen molar-refractivity contribution in [3.8, 4) is 0 Å². The minimum Gasteiger partial charge on any atom is -0.466 e. The molecule has 0 saturated carbocycles. The van der Waals surface area contributed by atoms with Gasteiger partial charge in [0, 0.05) is 13.3 Å². The van der Waals surface area contributed by atoms with E-state index >= 15 is 0 Å². The first-order valence-corrected chi connectivity index (χ1v) is 4.94. The van der Waals surface area contributed by atoms with Gasteiger partial charge in [-0.3, -0.25) is 9.35 Å². The molecule has 0 aromatic carbocycles. The molecule has 0 fully saturated rings. The fourth-order valence-electron chi connectivity index (χ4n) is 0.518. The molecule has 0 aliphatic heterocycles. The van der Waals surface area contributed by atoms with Crippen LogP contribution in [-0.2, 0) is 19.6 Å². The Labute approximate surface area is 71.5 Å². The number of rotatable bonds is 4. The zero-order valence-electron chi connectivity index (χ0n) is 7.69. The first-order chi connectivity index (χ1) is 5.34. The zero-order chi connectivity index (χ0) is 9.78. The number of ether oxygens (including phenoxy) is 1. The summed E-state index contributed by atoms with van der Waals surface area (Å²) in [5.74, 6) is -0.461. The molecule has 5 nitrogen and oxygen atoms in total. The van der Waals surface area contributed by atoms with E-state index in [1.807, 2.05) is 0 Å². The molecular formula is C6H12MtO5S. The molecule has 0 radical (unpaired) electrons. The van der Waals surface area contributed by atoms with Crippen LogP contribution in [0.15, 0.2) is 0 Å². The molecule has 1 unspecified atom stereocenters. The molecule has 7 heteroatoms. The quantitative estimate of drug-likeness (QED) is 0.466. The average molecular weight is 474 g/mol. The van der Waals surface area contributed by atoms with Crippen molar-refractivity contribution in [3.63, 3.8) is 0 Å². The van der Waals surface area contributed by atoms with Gasteiger partial charge in [0.15, 0.2) is 0 Å². The van der Waals surface area contributed by atoms with Crippen LogP contribution in [0, 0.1) is 0 Å². The van der Waals surface area contributed by atoms with E-state index in [0.717, 1.165) is 0 Å². The Hall–Kier alpha value is -1.62. The SMILES string of the molecule is CC(=O)OCCC(C)S(=O)(=O)O.[Mt]. The van der Waals surface area contributed by atoms with Crippen molar-refractivity contribution >= 4 is 16.1 Å². The summed E-state index contributed by atoms with van der Waals surface area (Å²) in [4.78, 5) is 10.2. The van der Waals surface area contributed by atoms with Crippen molar-refractivity contribution in [2.75, 3.05) is 6.61 Å². The Bertz CT molecular complexity index is 248. The van der Waals surface area contributed by atoms with Gasteiger partial charge in [-0.15, -0.1) is 0 Å². The van der Waals surface area contributed by atoms with E-state index in [4.69, 9.17) is 4.55 Å². The predicted molar refractivity (Wildman–Crippen MR) is 42.3 cm³/mol. The molecule has 0 spiro atoms. The summed E-state index contributed by atoms with van der Waals surface area (Å²) in [6.45, 7) is 2.59. The summed E-state index contributed by atoms with van der Waals surface area (Å²) in [5, 5.41) is -0.892. The summed E-state index contributed by atoms with van der Waals surface area (Å²) in [6.07, 6.45) is 0.110. The van der Waals surface area contributed by atoms with Gasteiger partial charge in [-0.05, 0) is 6.92 Å². The molecule has 0 aliphatic rings. The van der Waals surface area contributed by atoms with Crippen LogP contribution < -0.4 is 0 Å². The molecule has 0 aromatic rings. The zero-order valence-corrected chi connectivity index (χ0v) is 15.1. The number of hydrogen-bond donors (Lipinski definition) is 1. The second kappa shape index (κ2) is 5.10. The van der Waals surface area contributed by atoms with Crippen LogP contribution in [0.1, 0.15) is 20.3 Å². The predicted octanol–water partition coefficient (Wildman–Crippen LogP) is 0.216. The Morgan fingerprint density at radius 3 is 2.31 bits per heavy atom. The number of hydrogen-bond acceptors (Lipinski definition) is 4. The normalized spacial score (nSPS) is 12.8. The van der Waals surface area contributed by atoms with Crippen LogP contribution in [0.4, 0.5) is 0 Å². The van der Waals surface area contributed by atoms with Crippen molar-refractivity contribution in [2.45, 2.75) is 25.5 Å². The largest absolute Gasteiger partial charge is 0.466 e. The van der Waals surface area contributed by atoms with Crippen LogP contribution in [0.5, 0.6) is 0 Å². The van der Waals surface area contributed by atoms with Gasteiger partial charge in [-0.2, -0.15) is 8.42 Å². The molecular weight excluding hydrogens is 462 g/mol. The first kappa shape index (κ1) is 13.9. The molecule has 1 atom stereocenters. The van der Waals surface area contributed by atoms with Crippen molar-refractivity contribution in [1.29, 1.82) is 0 Å². The van der Waals surface area contributed by atoms with Crippen molar-refractivity contribution < 1.29 is 22.5 Å². The van der Waals surface area contributed by atoms with Gasteiger partial charge in [0.2, 0.25) is 0 Å². The molecule has 0 amide bonds. The van der Waals surface area contributed by atoms with Gasteiger partial charge in [-0.25, -0.2) is 0 Å². The minimum atomic E-state index is -3.99. The second-order valence-electron chi connectivity index (χ2n) is 2.45. The summed E-state index contributed by atoms with van der Waals surface area (Å²) >= 11 is 0. The van der Waals surface area contributed by atoms with Crippen LogP contribution >= 0.6 is 0 Å². The summed E-state index contributed by atoms with van der Waals surface area (Å²) in [7, 11) is -3.99. The fraction of sp³-hybridized carbons (Fsp3) is 0.833. The maximum atomic E-state index is 10.4. The molecule has 13 heavy (non-hydrogen) atoms. The van der Waals surface area contributed by atoms with E-state index in [1.165, 1.54) is 13.8 Å². The Morgan fingerprint density at radius 1 is 1.54 bits per heavy atom. The average Bonchev–Trinajstić information content (AvgIpc) is 1.84. The number of carbonyl (C=O) groups is 1. The first-order valence-electron chi connectivity index (χ1n) is 3.43. The Morgan fingerprint density at radius 2 is 2.00 bits per heavy atom. The second-order valence-corrected chi connectivity index (χ2v) is 4.29. The minimum absolute atomic E-state index is 0. The van der Waals surface area contributed by atoms with Crippen LogP contribution in [0.25, 0.3) is 0 Å². The number of esters is 1. The molecule has 0 rings (SSSR count). The Balaban J connectivity index is 0. The molecule has 74 valence electrons. The van der Waals surface area contributed by atoms with E-state index in [-0.39, 0.29) is 13.0 Å². The Kier molecular flexibility index (Phi) is 5.47. The summed E-state index contributed by atoms with van der Waals surface area (Å²) in [6, 6.07) is 0. The smallest absolute Gasteiger partial charge is 0.302 e. The molecule has 0 heterocycles. The summed E-state index contributed by atoms with van der Waals surface area (Å²) in [5.41, 5.74) is 0. The molecule has 0 saturated heterocycles. The van der Waals surface area contributed by atoms with Crippen molar-refractivity contribution in [1.82, 2.24) is 0 Å². The van der Waals surface area contributed by atoms with Crippen LogP contribution in [-0.4, -0.2) is 30.8 Å². The van der Waals surface area contributed by atoms with Gasteiger partial charge in [-0.1, -0.05) is 0 Å². The van der Waals surface area contributed by atoms with Gasteiger partial charge in [0.1, 0.15) is 0 Å². The monoisotopic (exact) mass is 474 g/mol. The molecule has 0 aliphatic carbocycles. The van der Waals surface area contributed by atoms with E-state index in [2.05, 4.69) is 4.74 Å². The third-order valence-electron chi connectivity index (χ3n) is 1.34. The fourth-order valence-corrected chi connectivity index (χ4v) is 0.912. The topological polar surface area (TPSA) is 80.7 Å². The van der Waals surface area contributed by atoms with Gasteiger partial charge in [0.05, 0.1) is 11.9 Å². The number of carbonyl (C=O) groups excluding carboxylic acids is 1. The van der Waals surface area contributed by atoms with Gasteiger partial charge in [0.25, 0.3) is 10.1 Å². The van der Waals surface area contributed by atoms with E-state index < -0.39 is 21.3 Å². The maximum Gasteiger partial charge on any atom is 0.302 e. The van der Waals surface area contributed by atoms with Gasteiger partial charge < -0.3 is 4.74 Å². The van der Waals surface area contributed by atoms with E-state index in [9.17, 15) is 13.2 Å². The molecule has 0 aromatic heterocycles. The third-order valence-corrected chi connectivity index (χ3v) is 2.59. The molecule has 0 bridgehead atoms. The van der Waals surface area contributed by atoms with Crippen LogP contribution in [0.2, 0.25) is 0 Å². The van der Waals surface area contributed by atoms with E-state index in [1.54, 1.807) is 0 Å². The summed E-state index contributed by atoms with van der Waals surface area (Å²) < 4.78 is 33.8. The van der Waals surface area contributed by atoms with Crippen LogP contribution in [0.3, 0.4) is 0 Å². The third kappa shape index (κ3) is 6.77.